The first-order valence-electron chi connectivity index (χ1n) is 7.28. The van der Waals surface area contributed by atoms with E-state index in [4.69, 9.17) is 9.26 Å². The second kappa shape index (κ2) is 6.69. The number of thiophene rings is 1. The zero-order valence-corrected chi connectivity index (χ0v) is 14.4. The molecule has 1 aliphatic heterocycles. The monoisotopic (exact) mass is 373 g/mol. The summed E-state index contributed by atoms with van der Waals surface area (Å²) in [6.07, 6.45) is 0. The number of aromatic nitrogens is 2. The number of carbonyl (C=O) groups is 2. The Bertz CT molecular complexity index is 937. The molecule has 1 amide bonds. The van der Waals surface area contributed by atoms with Gasteiger partial charge in [-0.2, -0.15) is 16.3 Å². The Morgan fingerprint density at radius 1 is 1.36 bits per heavy atom. The first-order chi connectivity index (χ1) is 12.2. The van der Waals surface area contributed by atoms with Crippen molar-refractivity contribution in [2.24, 2.45) is 0 Å². The number of nitrogens with zero attached hydrogens (tertiary/aromatic N) is 2. The molecule has 0 bridgehead atoms. The predicted octanol–water partition coefficient (Wildman–Crippen LogP) is 3.20. The first kappa shape index (κ1) is 15.9. The van der Waals surface area contributed by atoms with Crippen molar-refractivity contribution < 1.29 is 18.8 Å². The van der Waals surface area contributed by atoms with E-state index in [1.807, 2.05) is 16.8 Å². The average molecular weight is 373 g/mol. The molecule has 126 valence electrons. The number of thioether (sulfide) groups is 1. The number of nitrogens with one attached hydrogen (secondary N) is 1. The van der Waals surface area contributed by atoms with Gasteiger partial charge in [0.15, 0.2) is 6.61 Å². The molecule has 9 heteroatoms. The summed E-state index contributed by atoms with van der Waals surface area (Å²) < 4.78 is 10.3. The number of hydrogen-bond acceptors (Lipinski definition) is 8. The Morgan fingerprint density at radius 3 is 3.12 bits per heavy atom. The number of benzene rings is 1. The Balaban J connectivity index is 1.42. The zero-order valence-electron chi connectivity index (χ0n) is 12.7. The van der Waals surface area contributed by atoms with Crippen molar-refractivity contribution in [2.75, 3.05) is 11.1 Å². The summed E-state index contributed by atoms with van der Waals surface area (Å²) in [5.74, 6) is 0.440. The number of ether oxygens (including phenoxy) is 1. The summed E-state index contributed by atoms with van der Waals surface area (Å²) in [5.41, 5.74) is 1.82. The molecule has 2 aromatic heterocycles. The van der Waals surface area contributed by atoms with Gasteiger partial charge in [-0.3, -0.25) is 4.79 Å². The second-order valence-electron chi connectivity index (χ2n) is 5.15. The molecule has 0 saturated heterocycles. The summed E-state index contributed by atoms with van der Waals surface area (Å²) in [5, 5.41) is 10.4. The summed E-state index contributed by atoms with van der Waals surface area (Å²) in [6, 6.07) is 6.94. The van der Waals surface area contributed by atoms with Gasteiger partial charge in [-0.05, 0) is 29.6 Å². The number of esters is 1. The third kappa shape index (κ3) is 3.42. The van der Waals surface area contributed by atoms with Crippen LogP contribution in [0.15, 0.2) is 44.4 Å². The molecule has 1 aromatic carbocycles. The molecule has 0 saturated carbocycles. The van der Waals surface area contributed by atoms with Crippen LogP contribution in [-0.2, 0) is 16.1 Å². The summed E-state index contributed by atoms with van der Waals surface area (Å²) in [4.78, 5) is 28.7. The second-order valence-corrected chi connectivity index (χ2v) is 6.94. The van der Waals surface area contributed by atoms with Crippen molar-refractivity contribution in [1.29, 1.82) is 0 Å². The number of anilines is 1. The molecular formula is C16H11N3O4S2. The Labute approximate surface area is 150 Å². The number of carbonyl (C=O) groups excluding carboxylic acids is 2. The molecule has 0 fully saturated rings. The summed E-state index contributed by atoms with van der Waals surface area (Å²) >= 11 is 2.96. The van der Waals surface area contributed by atoms with E-state index in [1.54, 1.807) is 18.2 Å². The molecule has 1 N–H and O–H groups in total. The molecule has 0 radical (unpaired) electrons. The van der Waals surface area contributed by atoms with E-state index in [0.29, 0.717) is 22.8 Å². The number of amides is 1. The van der Waals surface area contributed by atoms with Gasteiger partial charge in [0, 0.05) is 15.8 Å². The van der Waals surface area contributed by atoms with Crippen molar-refractivity contribution in [3.63, 3.8) is 0 Å². The minimum atomic E-state index is -0.525. The van der Waals surface area contributed by atoms with E-state index in [0.717, 1.165) is 10.5 Å². The fourth-order valence-corrected chi connectivity index (χ4v) is 3.67. The zero-order chi connectivity index (χ0) is 17.2. The molecule has 3 aromatic rings. The maximum atomic E-state index is 12.2. The smallest absolute Gasteiger partial charge is 0.338 e. The van der Waals surface area contributed by atoms with Crippen LogP contribution in [0.25, 0.3) is 11.4 Å². The fraction of sp³-hybridized carbons (Fsp3) is 0.125. The van der Waals surface area contributed by atoms with E-state index >= 15 is 0 Å². The SMILES string of the molecule is O=C1CSc2ccc(C(=O)OCc3nc(-c4ccsc4)no3)cc2N1. The molecular weight excluding hydrogens is 362 g/mol. The van der Waals surface area contributed by atoms with E-state index in [-0.39, 0.29) is 18.4 Å². The summed E-state index contributed by atoms with van der Waals surface area (Å²) in [6.45, 7) is -0.117. The van der Waals surface area contributed by atoms with Crippen LogP contribution in [0.2, 0.25) is 0 Å². The van der Waals surface area contributed by atoms with Gasteiger partial charge in [0.1, 0.15) is 0 Å². The fourth-order valence-electron chi connectivity index (χ4n) is 2.24. The Kier molecular flexibility index (Phi) is 4.24. The van der Waals surface area contributed by atoms with Gasteiger partial charge >= 0.3 is 5.97 Å². The normalized spacial score (nSPS) is 13.2. The first-order valence-corrected chi connectivity index (χ1v) is 9.21. The molecule has 0 atom stereocenters. The molecule has 25 heavy (non-hydrogen) atoms. The van der Waals surface area contributed by atoms with Gasteiger partial charge in [0.2, 0.25) is 11.7 Å². The topological polar surface area (TPSA) is 94.3 Å². The number of rotatable bonds is 4. The van der Waals surface area contributed by atoms with Crippen molar-refractivity contribution in [1.82, 2.24) is 10.1 Å². The lowest BCUT2D eigenvalue weighted by molar-refractivity contribution is -0.113. The van der Waals surface area contributed by atoms with E-state index < -0.39 is 5.97 Å². The van der Waals surface area contributed by atoms with Crippen LogP contribution in [0, 0.1) is 0 Å². The van der Waals surface area contributed by atoms with Crippen molar-refractivity contribution in [3.05, 3.63) is 46.5 Å². The van der Waals surface area contributed by atoms with Gasteiger partial charge < -0.3 is 14.6 Å². The Morgan fingerprint density at radius 2 is 2.28 bits per heavy atom. The lowest BCUT2D eigenvalue weighted by Crippen LogP contribution is -2.19. The third-order valence-corrected chi connectivity index (χ3v) is 5.18. The number of hydrogen-bond donors (Lipinski definition) is 1. The minimum absolute atomic E-state index is 0.0881. The molecule has 0 unspecified atom stereocenters. The molecule has 7 nitrogen and oxygen atoms in total. The quantitative estimate of drug-likeness (QED) is 0.702. The van der Waals surface area contributed by atoms with Gasteiger partial charge in [0.25, 0.3) is 5.89 Å². The van der Waals surface area contributed by atoms with E-state index in [1.165, 1.54) is 23.1 Å². The molecule has 0 spiro atoms. The van der Waals surface area contributed by atoms with Gasteiger partial charge in [-0.15, -0.1) is 11.8 Å². The molecule has 3 heterocycles. The highest BCUT2D eigenvalue weighted by molar-refractivity contribution is 8.00. The van der Waals surface area contributed by atoms with Crippen LogP contribution in [0.3, 0.4) is 0 Å². The highest BCUT2D eigenvalue weighted by Crippen LogP contribution is 2.32. The van der Waals surface area contributed by atoms with E-state index in [2.05, 4.69) is 15.5 Å². The van der Waals surface area contributed by atoms with Crippen LogP contribution in [-0.4, -0.2) is 27.8 Å². The summed E-state index contributed by atoms with van der Waals surface area (Å²) in [7, 11) is 0. The van der Waals surface area contributed by atoms with E-state index in [9.17, 15) is 9.59 Å². The number of fused-ring (bicyclic) bond motifs is 1. The van der Waals surface area contributed by atoms with Gasteiger partial charge in [-0.1, -0.05) is 5.16 Å². The maximum Gasteiger partial charge on any atom is 0.338 e. The molecule has 4 rings (SSSR count). The highest BCUT2D eigenvalue weighted by atomic mass is 32.2. The maximum absolute atomic E-state index is 12.2. The molecule has 1 aliphatic rings. The average Bonchev–Trinajstić information content (AvgIpc) is 3.30. The highest BCUT2D eigenvalue weighted by Gasteiger charge is 2.18. The largest absolute Gasteiger partial charge is 0.452 e. The third-order valence-electron chi connectivity index (χ3n) is 3.42. The van der Waals surface area contributed by atoms with Crippen LogP contribution >= 0.6 is 23.1 Å². The predicted molar refractivity (Wildman–Crippen MR) is 92.5 cm³/mol. The lowest BCUT2D eigenvalue weighted by Gasteiger charge is -2.16. The van der Waals surface area contributed by atoms with Crippen LogP contribution in [0.1, 0.15) is 16.2 Å². The van der Waals surface area contributed by atoms with Crippen LogP contribution < -0.4 is 5.32 Å². The van der Waals surface area contributed by atoms with Crippen molar-refractivity contribution in [2.45, 2.75) is 11.5 Å². The minimum Gasteiger partial charge on any atom is -0.452 e. The molecule has 0 aliphatic carbocycles. The Hall–Kier alpha value is -2.65. The van der Waals surface area contributed by atoms with Crippen LogP contribution in [0.5, 0.6) is 0 Å². The van der Waals surface area contributed by atoms with Crippen LogP contribution in [0.4, 0.5) is 5.69 Å². The van der Waals surface area contributed by atoms with Gasteiger partial charge in [-0.25, -0.2) is 4.79 Å². The van der Waals surface area contributed by atoms with Crippen molar-refractivity contribution in [3.8, 4) is 11.4 Å². The lowest BCUT2D eigenvalue weighted by atomic mass is 10.2. The van der Waals surface area contributed by atoms with Crippen molar-refractivity contribution >= 4 is 40.7 Å². The van der Waals surface area contributed by atoms with Gasteiger partial charge in [0.05, 0.1) is 17.0 Å². The standard InChI is InChI=1S/C16H11N3O4S2/c20-13-8-25-12-2-1-9(5-11(12)17-13)16(21)22-6-14-18-15(19-23-14)10-3-4-24-7-10/h1-5,7H,6,8H2,(H,17,20).